The van der Waals surface area contributed by atoms with Gasteiger partial charge in [0, 0.05) is 0 Å². The molecule has 1 atom stereocenters. The maximum Gasteiger partial charge on any atom is 0.412 e. The summed E-state index contributed by atoms with van der Waals surface area (Å²) in [5.74, 6) is -0.453. The zero-order chi connectivity index (χ0) is 14.2. The van der Waals surface area contributed by atoms with Gasteiger partial charge in [-0.25, -0.2) is 4.39 Å². The van der Waals surface area contributed by atoms with Crippen LogP contribution in [0.3, 0.4) is 0 Å². The summed E-state index contributed by atoms with van der Waals surface area (Å²) in [6.45, 7) is 1.57. The SMILES string of the molecule is CC1=C(C(NC=S)C(F)(F)F)Cc2ccc(F)cc21. The topological polar surface area (TPSA) is 12.0 Å². The van der Waals surface area contributed by atoms with Crippen LogP contribution in [0, 0.1) is 5.82 Å². The van der Waals surface area contributed by atoms with E-state index in [0.717, 1.165) is 5.49 Å². The van der Waals surface area contributed by atoms with Crippen molar-refractivity contribution in [2.75, 3.05) is 0 Å². The zero-order valence-corrected chi connectivity index (χ0v) is 10.8. The Morgan fingerprint density at radius 1 is 1.37 bits per heavy atom. The normalized spacial score (nSPS) is 16.3. The van der Waals surface area contributed by atoms with Crippen LogP contribution in [0.5, 0.6) is 0 Å². The first-order chi connectivity index (χ1) is 8.84. The third kappa shape index (κ3) is 2.63. The Hall–Kier alpha value is -1.43. The van der Waals surface area contributed by atoms with Crippen molar-refractivity contribution >= 4 is 23.3 Å². The third-order valence-electron chi connectivity index (χ3n) is 3.25. The minimum Gasteiger partial charge on any atom is -0.368 e. The minimum absolute atomic E-state index is 0.155. The quantitative estimate of drug-likeness (QED) is 0.673. The Labute approximate surface area is 113 Å². The summed E-state index contributed by atoms with van der Waals surface area (Å²) in [5, 5.41) is 2.16. The first-order valence-corrected chi connectivity index (χ1v) is 6.06. The molecule has 19 heavy (non-hydrogen) atoms. The van der Waals surface area contributed by atoms with E-state index in [2.05, 4.69) is 17.5 Å². The highest BCUT2D eigenvalue weighted by Crippen LogP contribution is 2.38. The molecule has 0 spiro atoms. The standard InChI is InChI=1S/C13H11F4NS/c1-7-10-5-9(14)3-2-8(10)4-11(7)12(18-6-19)13(15,16)17/h2-3,5-6,12H,4H2,1H3,(H,18,19). The van der Waals surface area contributed by atoms with Crippen LogP contribution in [0.1, 0.15) is 18.1 Å². The summed E-state index contributed by atoms with van der Waals surface area (Å²) in [6.07, 6.45) is -4.28. The van der Waals surface area contributed by atoms with Gasteiger partial charge in [-0.2, -0.15) is 13.2 Å². The van der Waals surface area contributed by atoms with Crippen LogP contribution < -0.4 is 5.32 Å². The van der Waals surface area contributed by atoms with Crippen molar-refractivity contribution in [1.29, 1.82) is 0 Å². The van der Waals surface area contributed by atoms with Gasteiger partial charge in [-0.1, -0.05) is 18.3 Å². The molecule has 0 heterocycles. The molecule has 0 aromatic heterocycles. The molecule has 0 amide bonds. The number of allylic oxidation sites excluding steroid dienone is 1. The van der Waals surface area contributed by atoms with Gasteiger partial charge in [0.2, 0.25) is 0 Å². The Morgan fingerprint density at radius 2 is 2.05 bits per heavy atom. The van der Waals surface area contributed by atoms with Crippen molar-refractivity contribution < 1.29 is 17.6 Å². The number of hydrogen-bond acceptors (Lipinski definition) is 1. The predicted octanol–water partition coefficient (Wildman–Crippen LogP) is 3.63. The lowest BCUT2D eigenvalue weighted by atomic mass is 10.0. The molecule has 0 saturated heterocycles. The van der Waals surface area contributed by atoms with Gasteiger partial charge in [0.05, 0.1) is 5.49 Å². The second kappa shape index (κ2) is 4.92. The van der Waals surface area contributed by atoms with E-state index in [-0.39, 0.29) is 12.0 Å². The smallest absolute Gasteiger partial charge is 0.368 e. The van der Waals surface area contributed by atoms with Gasteiger partial charge >= 0.3 is 6.18 Å². The van der Waals surface area contributed by atoms with E-state index < -0.39 is 18.0 Å². The molecule has 0 radical (unpaired) electrons. The Kier molecular flexibility index (Phi) is 3.62. The van der Waals surface area contributed by atoms with Crippen LogP contribution in [0.2, 0.25) is 0 Å². The number of hydrogen-bond donors (Lipinski definition) is 1. The lowest BCUT2D eigenvalue weighted by Gasteiger charge is -2.22. The molecule has 1 aromatic rings. The largest absolute Gasteiger partial charge is 0.412 e. The van der Waals surface area contributed by atoms with Crippen molar-refractivity contribution in [3.8, 4) is 0 Å². The van der Waals surface area contributed by atoms with Gasteiger partial charge in [-0.05, 0) is 47.8 Å². The molecule has 1 unspecified atom stereocenters. The van der Waals surface area contributed by atoms with Gasteiger partial charge < -0.3 is 5.32 Å². The summed E-state index contributed by atoms with van der Waals surface area (Å²) >= 11 is 4.46. The summed E-state index contributed by atoms with van der Waals surface area (Å²) in [4.78, 5) is 0. The molecule has 2 rings (SSSR count). The van der Waals surface area contributed by atoms with E-state index in [1.807, 2.05) is 0 Å². The van der Waals surface area contributed by atoms with Gasteiger partial charge in [-0.15, -0.1) is 0 Å². The summed E-state index contributed by atoms with van der Waals surface area (Å²) in [7, 11) is 0. The Morgan fingerprint density at radius 3 is 2.63 bits per heavy atom. The predicted molar refractivity (Wildman–Crippen MR) is 69.3 cm³/mol. The molecule has 0 bridgehead atoms. The summed E-state index contributed by atoms with van der Waals surface area (Å²) < 4.78 is 52.2. The monoisotopic (exact) mass is 289 g/mol. The maximum absolute atomic E-state index is 13.2. The van der Waals surface area contributed by atoms with Crippen LogP contribution in [0.15, 0.2) is 23.8 Å². The fourth-order valence-corrected chi connectivity index (χ4v) is 2.48. The van der Waals surface area contributed by atoms with Crippen molar-refractivity contribution in [1.82, 2.24) is 5.32 Å². The maximum atomic E-state index is 13.2. The van der Waals surface area contributed by atoms with Crippen molar-refractivity contribution in [3.63, 3.8) is 0 Å². The number of thiocarbonyl (C=S) groups is 1. The Balaban J connectivity index is 2.44. The fourth-order valence-electron chi connectivity index (χ4n) is 2.34. The van der Waals surface area contributed by atoms with Crippen LogP contribution in [0.25, 0.3) is 5.57 Å². The van der Waals surface area contributed by atoms with Crippen molar-refractivity contribution in [2.45, 2.75) is 25.6 Å². The van der Waals surface area contributed by atoms with E-state index in [9.17, 15) is 17.6 Å². The number of halogens is 4. The first-order valence-electron chi connectivity index (χ1n) is 5.59. The molecule has 1 N–H and O–H groups in total. The lowest BCUT2D eigenvalue weighted by molar-refractivity contribution is -0.143. The van der Waals surface area contributed by atoms with Crippen LogP contribution in [-0.4, -0.2) is 17.7 Å². The molecule has 0 aliphatic heterocycles. The number of alkyl halides is 3. The molecule has 102 valence electrons. The van der Waals surface area contributed by atoms with Crippen LogP contribution in [0.4, 0.5) is 17.6 Å². The molecule has 0 saturated carbocycles. The lowest BCUT2D eigenvalue weighted by Crippen LogP contribution is -2.43. The average Bonchev–Trinajstić information content (AvgIpc) is 2.62. The number of benzene rings is 1. The molecule has 1 aliphatic rings. The van der Waals surface area contributed by atoms with Gasteiger partial charge in [-0.3, -0.25) is 0 Å². The highest BCUT2D eigenvalue weighted by Gasteiger charge is 2.43. The molecule has 0 fully saturated rings. The zero-order valence-electron chi connectivity index (χ0n) is 10.0. The van der Waals surface area contributed by atoms with Crippen LogP contribution >= 0.6 is 12.2 Å². The van der Waals surface area contributed by atoms with Crippen LogP contribution in [-0.2, 0) is 6.42 Å². The highest BCUT2D eigenvalue weighted by atomic mass is 32.1. The highest BCUT2D eigenvalue weighted by molar-refractivity contribution is 7.78. The number of nitrogens with one attached hydrogen (secondary N) is 1. The summed E-state index contributed by atoms with van der Waals surface area (Å²) in [5.41, 5.74) is 2.75. The fraction of sp³-hybridized carbons (Fsp3) is 0.308. The second-order valence-electron chi connectivity index (χ2n) is 4.39. The average molecular weight is 289 g/mol. The van der Waals surface area contributed by atoms with Crippen molar-refractivity contribution in [3.05, 3.63) is 40.7 Å². The minimum atomic E-state index is -4.44. The number of fused-ring (bicyclic) bond motifs is 1. The van der Waals surface area contributed by atoms with E-state index in [1.165, 1.54) is 18.2 Å². The third-order valence-corrected chi connectivity index (χ3v) is 3.39. The molecule has 6 heteroatoms. The van der Waals surface area contributed by atoms with Gasteiger partial charge in [0.25, 0.3) is 0 Å². The van der Waals surface area contributed by atoms with E-state index in [0.29, 0.717) is 16.7 Å². The molecule has 1 aliphatic carbocycles. The van der Waals surface area contributed by atoms with Gasteiger partial charge in [0.1, 0.15) is 11.9 Å². The molecule has 1 nitrogen and oxygen atoms in total. The van der Waals surface area contributed by atoms with Crippen molar-refractivity contribution in [2.24, 2.45) is 0 Å². The molecular weight excluding hydrogens is 278 g/mol. The van der Waals surface area contributed by atoms with Gasteiger partial charge in [0.15, 0.2) is 0 Å². The summed E-state index contributed by atoms with van der Waals surface area (Å²) in [6, 6.07) is 2.22. The van der Waals surface area contributed by atoms with E-state index in [4.69, 9.17) is 0 Å². The molecule has 1 aromatic carbocycles. The first kappa shape index (κ1) is 14.0. The Bertz CT molecular complexity index is 548. The number of rotatable bonds is 3. The molecular formula is C13H11F4NS. The van der Waals surface area contributed by atoms with E-state index in [1.54, 1.807) is 6.92 Å². The van der Waals surface area contributed by atoms with E-state index >= 15 is 0 Å². The second-order valence-corrected chi connectivity index (χ2v) is 4.62.